The van der Waals surface area contributed by atoms with Gasteiger partial charge in [0.05, 0.1) is 0 Å². The molecule has 0 radical (unpaired) electrons. The normalized spacial score (nSPS) is 20.7. The van der Waals surface area contributed by atoms with Crippen molar-refractivity contribution >= 4 is 0 Å². The summed E-state index contributed by atoms with van der Waals surface area (Å²) >= 11 is 0. The fourth-order valence-corrected chi connectivity index (χ4v) is 2.82. The highest BCUT2D eigenvalue weighted by atomic mass is 19.1. The Hall–Kier alpha value is -0.930. The van der Waals surface area contributed by atoms with Gasteiger partial charge in [0.15, 0.2) is 0 Å². The average Bonchev–Trinajstić information content (AvgIpc) is 2.87. The molecule has 2 nitrogen and oxygen atoms in total. The van der Waals surface area contributed by atoms with Crippen molar-refractivity contribution in [3.63, 3.8) is 0 Å². The molecule has 1 N–H and O–H groups in total. The van der Waals surface area contributed by atoms with Crippen molar-refractivity contribution in [1.82, 2.24) is 5.32 Å². The van der Waals surface area contributed by atoms with E-state index in [1.54, 1.807) is 6.07 Å². The van der Waals surface area contributed by atoms with Crippen LogP contribution in [0.15, 0.2) is 18.2 Å². The first-order valence-electron chi connectivity index (χ1n) is 7.25. The third-order valence-corrected chi connectivity index (χ3v) is 3.91. The van der Waals surface area contributed by atoms with Crippen LogP contribution in [0.25, 0.3) is 0 Å². The van der Waals surface area contributed by atoms with E-state index in [0.717, 1.165) is 44.6 Å². The standard InChI is InChI=1S/C16H24FNO/c1-3-18-16(8-13-6-7-19-11-13)10-14-9-15(17)5-4-12(14)2/h4-5,9,13,16,18H,3,6-8,10-11H2,1-2H3. The number of nitrogens with one attached hydrogen (secondary N) is 1. The van der Waals surface area contributed by atoms with Crippen molar-refractivity contribution in [1.29, 1.82) is 0 Å². The number of ether oxygens (including phenoxy) is 1. The van der Waals surface area contributed by atoms with Crippen LogP contribution < -0.4 is 5.32 Å². The number of rotatable bonds is 6. The zero-order valence-corrected chi connectivity index (χ0v) is 11.9. The molecule has 1 heterocycles. The van der Waals surface area contributed by atoms with Crippen molar-refractivity contribution in [2.24, 2.45) is 5.92 Å². The van der Waals surface area contributed by atoms with Gasteiger partial charge in [-0.2, -0.15) is 0 Å². The predicted octanol–water partition coefficient (Wildman–Crippen LogP) is 3.08. The summed E-state index contributed by atoms with van der Waals surface area (Å²) in [5.74, 6) is 0.512. The van der Waals surface area contributed by atoms with Crippen molar-refractivity contribution in [2.75, 3.05) is 19.8 Å². The van der Waals surface area contributed by atoms with Crippen LogP contribution in [0.1, 0.15) is 30.9 Å². The third-order valence-electron chi connectivity index (χ3n) is 3.91. The maximum Gasteiger partial charge on any atom is 0.123 e. The summed E-state index contributed by atoms with van der Waals surface area (Å²) < 4.78 is 18.8. The minimum atomic E-state index is -0.139. The lowest BCUT2D eigenvalue weighted by Crippen LogP contribution is -2.33. The van der Waals surface area contributed by atoms with Gasteiger partial charge in [0.25, 0.3) is 0 Å². The second kappa shape index (κ2) is 7.01. The van der Waals surface area contributed by atoms with E-state index in [1.165, 1.54) is 11.6 Å². The fourth-order valence-electron chi connectivity index (χ4n) is 2.82. The highest BCUT2D eigenvalue weighted by molar-refractivity contribution is 5.27. The molecule has 0 saturated carbocycles. The number of halogens is 1. The minimum absolute atomic E-state index is 0.139. The van der Waals surface area contributed by atoms with E-state index in [-0.39, 0.29) is 5.82 Å². The van der Waals surface area contributed by atoms with Gasteiger partial charge in [0.2, 0.25) is 0 Å². The van der Waals surface area contributed by atoms with Crippen molar-refractivity contribution in [3.8, 4) is 0 Å². The molecule has 0 aromatic heterocycles. The van der Waals surface area contributed by atoms with Crippen LogP contribution in [-0.2, 0) is 11.2 Å². The van der Waals surface area contributed by atoms with E-state index in [1.807, 2.05) is 6.07 Å². The number of likely N-dealkylation sites (N-methyl/N-ethyl adjacent to an activating group) is 1. The molecule has 1 aromatic rings. The Morgan fingerprint density at radius 2 is 2.32 bits per heavy atom. The fraction of sp³-hybridized carbons (Fsp3) is 0.625. The van der Waals surface area contributed by atoms with E-state index in [0.29, 0.717) is 12.0 Å². The largest absolute Gasteiger partial charge is 0.381 e. The summed E-state index contributed by atoms with van der Waals surface area (Å²) in [6, 6.07) is 5.49. The van der Waals surface area contributed by atoms with Crippen LogP contribution >= 0.6 is 0 Å². The minimum Gasteiger partial charge on any atom is -0.381 e. The first-order chi connectivity index (χ1) is 9.19. The Bertz CT molecular complexity index is 402. The molecule has 0 spiro atoms. The van der Waals surface area contributed by atoms with Gasteiger partial charge in [0.1, 0.15) is 5.82 Å². The van der Waals surface area contributed by atoms with Crippen molar-refractivity contribution < 1.29 is 9.13 Å². The zero-order chi connectivity index (χ0) is 13.7. The topological polar surface area (TPSA) is 21.3 Å². The lowest BCUT2D eigenvalue weighted by Gasteiger charge is -2.21. The molecule has 0 aliphatic carbocycles. The van der Waals surface area contributed by atoms with Crippen LogP contribution in [0.4, 0.5) is 4.39 Å². The van der Waals surface area contributed by atoms with Gasteiger partial charge < -0.3 is 10.1 Å². The number of benzene rings is 1. The van der Waals surface area contributed by atoms with E-state index in [4.69, 9.17) is 4.74 Å². The molecule has 0 amide bonds. The smallest absolute Gasteiger partial charge is 0.123 e. The van der Waals surface area contributed by atoms with Gasteiger partial charge in [-0.15, -0.1) is 0 Å². The molecule has 3 heteroatoms. The van der Waals surface area contributed by atoms with Gasteiger partial charge in [-0.3, -0.25) is 0 Å². The first-order valence-corrected chi connectivity index (χ1v) is 7.25. The van der Waals surface area contributed by atoms with Crippen LogP contribution in [0, 0.1) is 18.7 Å². The number of hydrogen-bond acceptors (Lipinski definition) is 2. The molecular formula is C16H24FNO. The van der Waals surface area contributed by atoms with Gasteiger partial charge in [0, 0.05) is 19.3 Å². The Labute approximate surface area is 115 Å². The highest BCUT2D eigenvalue weighted by Crippen LogP contribution is 2.21. The van der Waals surface area contributed by atoms with Crippen LogP contribution in [0.2, 0.25) is 0 Å². The van der Waals surface area contributed by atoms with Crippen LogP contribution in [0.5, 0.6) is 0 Å². The maximum atomic E-state index is 13.3. The highest BCUT2D eigenvalue weighted by Gasteiger charge is 2.21. The molecule has 2 unspecified atom stereocenters. The molecule has 1 saturated heterocycles. The Kier molecular flexibility index (Phi) is 5.34. The lowest BCUT2D eigenvalue weighted by atomic mass is 9.93. The SMILES string of the molecule is CCNC(Cc1cc(F)ccc1C)CC1CCOC1. The summed E-state index contributed by atoms with van der Waals surface area (Å²) in [7, 11) is 0. The molecule has 0 bridgehead atoms. The molecule has 2 rings (SSSR count). The second-order valence-electron chi connectivity index (χ2n) is 5.49. The zero-order valence-electron chi connectivity index (χ0n) is 11.9. The molecule has 1 fully saturated rings. The summed E-state index contributed by atoms with van der Waals surface area (Å²) in [5, 5.41) is 3.53. The summed E-state index contributed by atoms with van der Waals surface area (Å²) in [5.41, 5.74) is 2.29. The summed E-state index contributed by atoms with van der Waals surface area (Å²) in [6.07, 6.45) is 3.17. The van der Waals surface area contributed by atoms with Crippen molar-refractivity contribution in [2.45, 2.75) is 39.2 Å². The molecular weight excluding hydrogens is 241 g/mol. The molecule has 106 valence electrons. The van der Waals surface area contributed by atoms with E-state index in [2.05, 4.69) is 19.2 Å². The molecule has 19 heavy (non-hydrogen) atoms. The second-order valence-corrected chi connectivity index (χ2v) is 5.49. The van der Waals surface area contributed by atoms with Gasteiger partial charge >= 0.3 is 0 Å². The van der Waals surface area contributed by atoms with Gasteiger partial charge in [-0.1, -0.05) is 13.0 Å². The van der Waals surface area contributed by atoms with Crippen LogP contribution in [0.3, 0.4) is 0 Å². The molecule has 1 aromatic carbocycles. The van der Waals surface area contributed by atoms with Gasteiger partial charge in [-0.05, 0) is 61.9 Å². The number of aryl methyl sites for hydroxylation is 1. The Morgan fingerprint density at radius 3 is 3.00 bits per heavy atom. The maximum absolute atomic E-state index is 13.3. The third kappa shape index (κ3) is 4.29. The van der Waals surface area contributed by atoms with E-state index in [9.17, 15) is 4.39 Å². The molecule has 2 atom stereocenters. The Morgan fingerprint density at radius 1 is 1.47 bits per heavy atom. The monoisotopic (exact) mass is 265 g/mol. The summed E-state index contributed by atoms with van der Waals surface area (Å²) in [6.45, 7) is 6.90. The van der Waals surface area contributed by atoms with Crippen LogP contribution in [-0.4, -0.2) is 25.8 Å². The number of hydrogen-bond donors (Lipinski definition) is 1. The summed E-state index contributed by atoms with van der Waals surface area (Å²) in [4.78, 5) is 0. The predicted molar refractivity (Wildman–Crippen MR) is 75.8 cm³/mol. The van der Waals surface area contributed by atoms with E-state index < -0.39 is 0 Å². The lowest BCUT2D eigenvalue weighted by molar-refractivity contribution is 0.181. The first kappa shape index (κ1) is 14.5. The quantitative estimate of drug-likeness (QED) is 0.853. The van der Waals surface area contributed by atoms with Crippen molar-refractivity contribution in [3.05, 3.63) is 35.1 Å². The van der Waals surface area contributed by atoms with E-state index >= 15 is 0 Å². The van der Waals surface area contributed by atoms with Gasteiger partial charge in [-0.25, -0.2) is 4.39 Å². The Balaban J connectivity index is 2.00. The molecule has 1 aliphatic heterocycles. The average molecular weight is 265 g/mol. The molecule has 1 aliphatic rings.